The van der Waals surface area contributed by atoms with Crippen LogP contribution in [0.4, 0.5) is 0 Å². The molecule has 13 heavy (non-hydrogen) atoms. The highest BCUT2D eigenvalue weighted by atomic mass is 16.4. The Balaban J connectivity index is 2.36. The predicted octanol–water partition coefficient (Wildman–Crippen LogP) is 1.58. The topological polar surface area (TPSA) is 40.5 Å². The zero-order chi connectivity index (χ0) is 9.90. The molecule has 0 amide bonds. The first-order valence-corrected chi connectivity index (χ1v) is 4.91. The van der Waals surface area contributed by atoms with Gasteiger partial charge in [-0.25, -0.2) is 0 Å². The molecule has 1 aliphatic carbocycles. The lowest BCUT2D eigenvalue weighted by atomic mass is 9.64. The Bertz CT molecular complexity index is 185. The van der Waals surface area contributed by atoms with Crippen LogP contribution in [0.3, 0.4) is 0 Å². The van der Waals surface area contributed by atoms with E-state index >= 15 is 0 Å². The SMILES string of the molecule is CN(C)CCC1(CC(=O)O)CCC1. The van der Waals surface area contributed by atoms with Crippen LogP contribution in [0.1, 0.15) is 32.1 Å². The lowest BCUT2D eigenvalue weighted by Crippen LogP contribution is -2.35. The number of hydrogen-bond acceptors (Lipinski definition) is 2. The van der Waals surface area contributed by atoms with Crippen molar-refractivity contribution >= 4 is 5.97 Å². The highest BCUT2D eigenvalue weighted by Gasteiger charge is 2.38. The largest absolute Gasteiger partial charge is 0.481 e. The molecule has 0 unspecified atom stereocenters. The van der Waals surface area contributed by atoms with E-state index in [0.717, 1.165) is 25.8 Å². The van der Waals surface area contributed by atoms with Crippen LogP contribution in [0.15, 0.2) is 0 Å². The minimum atomic E-state index is -0.640. The molecule has 1 rings (SSSR count). The Labute approximate surface area is 79.7 Å². The van der Waals surface area contributed by atoms with Gasteiger partial charge in [0, 0.05) is 0 Å². The summed E-state index contributed by atoms with van der Waals surface area (Å²) in [5, 5.41) is 8.77. The third kappa shape index (κ3) is 2.99. The normalized spacial score (nSPS) is 19.9. The Morgan fingerprint density at radius 2 is 2.08 bits per heavy atom. The quantitative estimate of drug-likeness (QED) is 0.707. The van der Waals surface area contributed by atoms with E-state index in [2.05, 4.69) is 4.90 Å². The third-order valence-corrected chi connectivity index (χ3v) is 3.03. The molecule has 1 saturated carbocycles. The van der Waals surface area contributed by atoms with Crippen molar-refractivity contribution in [2.75, 3.05) is 20.6 Å². The van der Waals surface area contributed by atoms with Crippen molar-refractivity contribution in [3.8, 4) is 0 Å². The molecule has 0 atom stereocenters. The molecule has 3 nitrogen and oxygen atoms in total. The summed E-state index contributed by atoms with van der Waals surface area (Å²) in [5.74, 6) is -0.640. The van der Waals surface area contributed by atoms with E-state index in [0.29, 0.717) is 6.42 Å². The van der Waals surface area contributed by atoms with Crippen molar-refractivity contribution in [2.45, 2.75) is 32.1 Å². The van der Waals surface area contributed by atoms with Gasteiger partial charge in [0.1, 0.15) is 0 Å². The second-order valence-corrected chi connectivity index (χ2v) is 4.48. The fourth-order valence-corrected chi connectivity index (χ4v) is 1.97. The van der Waals surface area contributed by atoms with Crippen LogP contribution in [0.25, 0.3) is 0 Å². The van der Waals surface area contributed by atoms with Crippen LogP contribution in [0.5, 0.6) is 0 Å². The molecule has 0 saturated heterocycles. The van der Waals surface area contributed by atoms with Crippen molar-refractivity contribution in [1.29, 1.82) is 0 Å². The maximum atomic E-state index is 10.6. The standard InChI is InChI=1S/C10H19NO2/c1-11(2)7-6-10(4-3-5-10)8-9(12)13/h3-8H2,1-2H3,(H,12,13). The molecule has 0 bridgehead atoms. The van der Waals surface area contributed by atoms with Gasteiger partial charge in [0.2, 0.25) is 0 Å². The van der Waals surface area contributed by atoms with Gasteiger partial charge in [-0.15, -0.1) is 0 Å². The van der Waals surface area contributed by atoms with Gasteiger partial charge < -0.3 is 10.0 Å². The van der Waals surface area contributed by atoms with Gasteiger partial charge >= 0.3 is 5.97 Å². The van der Waals surface area contributed by atoms with Crippen LogP contribution < -0.4 is 0 Å². The van der Waals surface area contributed by atoms with Crippen molar-refractivity contribution in [3.05, 3.63) is 0 Å². The molecule has 0 aromatic rings. The lowest BCUT2D eigenvalue weighted by molar-refractivity contribution is -0.141. The maximum absolute atomic E-state index is 10.6. The highest BCUT2D eigenvalue weighted by molar-refractivity contribution is 5.67. The summed E-state index contributed by atoms with van der Waals surface area (Å²) in [6, 6.07) is 0. The van der Waals surface area contributed by atoms with Gasteiger partial charge in [0.05, 0.1) is 6.42 Å². The van der Waals surface area contributed by atoms with E-state index in [1.165, 1.54) is 6.42 Å². The minimum Gasteiger partial charge on any atom is -0.481 e. The summed E-state index contributed by atoms with van der Waals surface area (Å²) < 4.78 is 0. The predicted molar refractivity (Wildman–Crippen MR) is 51.7 cm³/mol. The summed E-state index contributed by atoms with van der Waals surface area (Å²) >= 11 is 0. The average molecular weight is 185 g/mol. The summed E-state index contributed by atoms with van der Waals surface area (Å²) in [6.07, 6.45) is 4.81. The van der Waals surface area contributed by atoms with Gasteiger partial charge in [-0.3, -0.25) is 4.79 Å². The summed E-state index contributed by atoms with van der Waals surface area (Å²) in [7, 11) is 4.07. The number of aliphatic carboxylic acids is 1. The van der Waals surface area contributed by atoms with Gasteiger partial charge in [-0.05, 0) is 45.3 Å². The number of hydrogen-bond donors (Lipinski definition) is 1. The fraction of sp³-hybridized carbons (Fsp3) is 0.900. The first-order chi connectivity index (χ1) is 6.04. The van der Waals surface area contributed by atoms with Crippen molar-refractivity contribution < 1.29 is 9.90 Å². The Hall–Kier alpha value is -0.570. The Kier molecular flexibility index (Phi) is 3.31. The molecule has 0 heterocycles. The van der Waals surface area contributed by atoms with Crippen molar-refractivity contribution in [2.24, 2.45) is 5.41 Å². The number of carboxylic acids is 1. The van der Waals surface area contributed by atoms with E-state index in [1.54, 1.807) is 0 Å². The molecule has 1 aliphatic rings. The molecule has 0 aromatic heterocycles. The third-order valence-electron chi connectivity index (χ3n) is 3.03. The molecular formula is C10H19NO2. The molecule has 0 radical (unpaired) electrons. The summed E-state index contributed by atoms with van der Waals surface area (Å²) in [5.41, 5.74) is 0.135. The van der Waals surface area contributed by atoms with Crippen LogP contribution in [-0.2, 0) is 4.79 Å². The molecule has 3 heteroatoms. The van der Waals surface area contributed by atoms with Crippen LogP contribution in [0, 0.1) is 5.41 Å². The van der Waals surface area contributed by atoms with Gasteiger partial charge in [-0.1, -0.05) is 6.42 Å². The smallest absolute Gasteiger partial charge is 0.303 e. The van der Waals surface area contributed by atoms with E-state index in [4.69, 9.17) is 5.11 Å². The monoisotopic (exact) mass is 185 g/mol. The maximum Gasteiger partial charge on any atom is 0.303 e. The fourth-order valence-electron chi connectivity index (χ4n) is 1.97. The van der Waals surface area contributed by atoms with E-state index in [-0.39, 0.29) is 5.41 Å². The number of carboxylic acid groups (broad SMARTS) is 1. The summed E-state index contributed by atoms with van der Waals surface area (Å²) in [6.45, 7) is 1.01. The number of rotatable bonds is 5. The van der Waals surface area contributed by atoms with Gasteiger partial charge in [0.15, 0.2) is 0 Å². The molecular weight excluding hydrogens is 166 g/mol. The van der Waals surface area contributed by atoms with Gasteiger partial charge in [0.25, 0.3) is 0 Å². The Morgan fingerprint density at radius 3 is 2.38 bits per heavy atom. The van der Waals surface area contributed by atoms with Crippen LogP contribution in [-0.4, -0.2) is 36.6 Å². The van der Waals surface area contributed by atoms with Crippen molar-refractivity contribution in [1.82, 2.24) is 4.90 Å². The number of nitrogens with zero attached hydrogens (tertiary/aromatic N) is 1. The zero-order valence-corrected chi connectivity index (χ0v) is 8.55. The van der Waals surface area contributed by atoms with E-state index in [1.807, 2.05) is 14.1 Å². The Morgan fingerprint density at radius 1 is 1.46 bits per heavy atom. The van der Waals surface area contributed by atoms with E-state index < -0.39 is 5.97 Å². The summed E-state index contributed by atoms with van der Waals surface area (Å²) in [4.78, 5) is 12.8. The van der Waals surface area contributed by atoms with Crippen molar-refractivity contribution in [3.63, 3.8) is 0 Å². The lowest BCUT2D eigenvalue weighted by Gasteiger charge is -2.41. The van der Waals surface area contributed by atoms with Gasteiger partial charge in [-0.2, -0.15) is 0 Å². The molecule has 0 aromatic carbocycles. The minimum absolute atomic E-state index is 0.135. The zero-order valence-electron chi connectivity index (χ0n) is 8.55. The molecule has 0 spiro atoms. The average Bonchev–Trinajstić information content (AvgIpc) is 1.93. The molecule has 1 fully saturated rings. The second kappa shape index (κ2) is 4.09. The molecule has 1 N–H and O–H groups in total. The molecule has 0 aliphatic heterocycles. The highest BCUT2D eigenvalue weighted by Crippen LogP contribution is 2.46. The first-order valence-electron chi connectivity index (χ1n) is 4.91. The number of carbonyl (C=O) groups is 1. The first kappa shape index (κ1) is 10.5. The van der Waals surface area contributed by atoms with E-state index in [9.17, 15) is 4.79 Å². The van der Waals surface area contributed by atoms with Crippen LogP contribution in [0.2, 0.25) is 0 Å². The molecule has 76 valence electrons. The van der Waals surface area contributed by atoms with Crippen LogP contribution >= 0.6 is 0 Å². The second-order valence-electron chi connectivity index (χ2n) is 4.48.